The van der Waals surface area contributed by atoms with E-state index >= 15 is 0 Å². The van der Waals surface area contributed by atoms with Crippen LogP contribution in [0.3, 0.4) is 0 Å². The summed E-state index contributed by atoms with van der Waals surface area (Å²) in [7, 11) is 1.63. The Morgan fingerprint density at radius 1 is 1.25 bits per heavy atom. The molecule has 0 spiro atoms. The summed E-state index contributed by atoms with van der Waals surface area (Å²) in [5.74, 6) is 0.825. The van der Waals surface area contributed by atoms with Crippen molar-refractivity contribution in [3.8, 4) is 5.75 Å². The van der Waals surface area contributed by atoms with Crippen LogP contribution in [0.2, 0.25) is 0 Å². The third-order valence-electron chi connectivity index (χ3n) is 1.88. The van der Waals surface area contributed by atoms with Gasteiger partial charge in [0, 0.05) is 6.72 Å². The number of nitrogens with one attached hydrogen (secondary N) is 1. The van der Waals surface area contributed by atoms with Gasteiger partial charge >= 0.3 is 0 Å². The molecule has 0 heterocycles. The number of hydrogen-bond donors (Lipinski definition) is 1. The molecule has 5 heteroatoms. The maximum absolute atomic E-state index is 5.04. The Bertz CT molecular complexity index is 301. The van der Waals surface area contributed by atoms with Crippen molar-refractivity contribution < 1.29 is 14.5 Å². The predicted octanol–water partition coefficient (Wildman–Crippen LogP) is 1.35. The molecule has 16 heavy (non-hydrogen) atoms. The molecule has 1 aromatic carbocycles. The lowest BCUT2D eigenvalue weighted by molar-refractivity contribution is -0.302. The first kappa shape index (κ1) is 12.5. The highest BCUT2D eigenvalue weighted by Crippen LogP contribution is 2.11. The number of methoxy groups -OCH3 is 1. The van der Waals surface area contributed by atoms with E-state index < -0.39 is 0 Å². The first-order valence-corrected chi connectivity index (χ1v) is 4.92. The highest BCUT2D eigenvalue weighted by Gasteiger charge is 1.95. The second kappa shape index (κ2) is 7.67. The van der Waals surface area contributed by atoms with Gasteiger partial charge in [-0.3, -0.25) is 0 Å². The maximum Gasteiger partial charge on any atom is 0.118 e. The average molecular weight is 224 g/mol. The number of ether oxygens (including phenoxy) is 1. The van der Waals surface area contributed by atoms with E-state index in [1.165, 1.54) is 0 Å². The minimum atomic E-state index is 0.408. The SMILES string of the molecule is C=NNCCOOCc1ccc(OC)cc1. The number of hydrogen-bond acceptors (Lipinski definition) is 5. The van der Waals surface area contributed by atoms with E-state index in [1.54, 1.807) is 7.11 Å². The van der Waals surface area contributed by atoms with Crippen LogP contribution in [0.15, 0.2) is 29.4 Å². The smallest absolute Gasteiger partial charge is 0.118 e. The Kier molecular flexibility index (Phi) is 5.98. The summed E-state index contributed by atoms with van der Waals surface area (Å²) in [5.41, 5.74) is 3.68. The zero-order valence-electron chi connectivity index (χ0n) is 9.31. The Balaban J connectivity index is 2.14. The van der Waals surface area contributed by atoms with Crippen molar-refractivity contribution in [1.29, 1.82) is 0 Å². The molecule has 0 amide bonds. The van der Waals surface area contributed by atoms with Gasteiger partial charge in [0.1, 0.15) is 19.0 Å². The Labute approximate surface area is 94.9 Å². The van der Waals surface area contributed by atoms with Crippen molar-refractivity contribution >= 4 is 6.72 Å². The second-order valence-corrected chi connectivity index (χ2v) is 3.00. The monoisotopic (exact) mass is 224 g/mol. The molecular formula is C11H16N2O3. The van der Waals surface area contributed by atoms with E-state index in [-0.39, 0.29) is 0 Å². The summed E-state index contributed by atoms with van der Waals surface area (Å²) in [6.45, 7) is 4.68. The molecule has 0 radical (unpaired) electrons. The Morgan fingerprint density at radius 3 is 2.62 bits per heavy atom. The van der Waals surface area contributed by atoms with E-state index in [2.05, 4.69) is 17.2 Å². The minimum absolute atomic E-state index is 0.408. The number of benzene rings is 1. The maximum atomic E-state index is 5.04. The molecule has 0 saturated heterocycles. The largest absolute Gasteiger partial charge is 0.497 e. The molecule has 0 unspecified atom stereocenters. The molecule has 0 aliphatic heterocycles. The van der Waals surface area contributed by atoms with Gasteiger partial charge in [0.05, 0.1) is 13.7 Å². The lowest BCUT2D eigenvalue weighted by atomic mass is 10.2. The molecule has 0 aliphatic rings. The average Bonchev–Trinajstić information content (AvgIpc) is 2.34. The Hall–Kier alpha value is -1.59. The molecule has 1 rings (SSSR count). The van der Waals surface area contributed by atoms with Crippen molar-refractivity contribution in [2.24, 2.45) is 5.10 Å². The van der Waals surface area contributed by atoms with Gasteiger partial charge < -0.3 is 10.2 Å². The summed E-state index contributed by atoms with van der Waals surface area (Å²) >= 11 is 0. The summed E-state index contributed by atoms with van der Waals surface area (Å²) in [4.78, 5) is 9.91. The highest BCUT2D eigenvalue weighted by atomic mass is 17.2. The van der Waals surface area contributed by atoms with Crippen molar-refractivity contribution in [3.63, 3.8) is 0 Å². The van der Waals surface area contributed by atoms with Gasteiger partial charge in [-0.05, 0) is 17.7 Å². The molecule has 1 N–H and O–H groups in total. The van der Waals surface area contributed by atoms with Crippen LogP contribution in [-0.4, -0.2) is 27.0 Å². The fourth-order valence-electron chi connectivity index (χ4n) is 1.06. The van der Waals surface area contributed by atoms with Gasteiger partial charge in [0.25, 0.3) is 0 Å². The highest BCUT2D eigenvalue weighted by molar-refractivity contribution is 5.26. The number of rotatable bonds is 8. The van der Waals surface area contributed by atoms with E-state index in [4.69, 9.17) is 14.5 Å². The summed E-state index contributed by atoms with van der Waals surface area (Å²) in [6, 6.07) is 7.60. The van der Waals surface area contributed by atoms with Crippen LogP contribution >= 0.6 is 0 Å². The van der Waals surface area contributed by atoms with Gasteiger partial charge in [0.15, 0.2) is 0 Å². The number of nitrogens with zero attached hydrogens (tertiary/aromatic N) is 1. The Morgan fingerprint density at radius 2 is 2.00 bits per heavy atom. The summed E-state index contributed by atoms with van der Waals surface area (Å²) in [6.07, 6.45) is 0. The van der Waals surface area contributed by atoms with Crippen molar-refractivity contribution in [3.05, 3.63) is 29.8 Å². The van der Waals surface area contributed by atoms with Crippen LogP contribution in [0.1, 0.15) is 5.56 Å². The van der Waals surface area contributed by atoms with E-state index in [1.807, 2.05) is 24.3 Å². The summed E-state index contributed by atoms with van der Waals surface area (Å²) < 4.78 is 5.04. The normalized spacial score (nSPS) is 9.81. The van der Waals surface area contributed by atoms with Gasteiger partial charge in [0.2, 0.25) is 0 Å². The van der Waals surface area contributed by atoms with Crippen LogP contribution in [0.5, 0.6) is 5.75 Å². The molecule has 1 aromatic rings. The zero-order chi connectivity index (χ0) is 11.6. The van der Waals surface area contributed by atoms with Gasteiger partial charge in [-0.1, -0.05) is 12.1 Å². The van der Waals surface area contributed by atoms with E-state index in [0.717, 1.165) is 11.3 Å². The summed E-state index contributed by atoms with van der Waals surface area (Å²) in [5, 5.41) is 3.46. The van der Waals surface area contributed by atoms with Crippen molar-refractivity contribution in [2.45, 2.75) is 6.61 Å². The third-order valence-corrected chi connectivity index (χ3v) is 1.88. The van der Waals surface area contributed by atoms with Gasteiger partial charge in [-0.25, -0.2) is 9.78 Å². The van der Waals surface area contributed by atoms with Crippen molar-refractivity contribution in [2.75, 3.05) is 20.3 Å². The zero-order valence-corrected chi connectivity index (χ0v) is 9.31. The topological polar surface area (TPSA) is 52.1 Å². The molecule has 0 atom stereocenters. The van der Waals surface area contributed by atoms with Crippen LogP contribution in [0.25, 0.3) is 0 Å². The number of hydrazone groups is 1. The fourth-order valence-corrected chi connectivity index (χ4v) is 1.06. The first-order chi connectivity index (χ1) is 7.86. The van der Waals surface area contributed by atoms with Gasteiger partial charge in [-0.2, -0.15) is 5.10 Å². The molecule has 0 aliphatic carbocycles. The molecule has 0 fully saturated rings. The fraction of sp³-hybridized carbons (Fsp3) is 0.364. The molecule has 5 nitrogen and oxygen atoms in total. The molecule has 0 saturated carbocycles. The molecule has 88 valence electrons. The van der Waals surface area contributed by atoms with E-state index in [0.29, 0.717) is 19.8 Å². The lowest BCUT2D eigenvalue weighted by Gasteiger charge is -2.05. The first-order valence-electron chi connectivity index (χ1n) is 4.92. The second-order valence-electron chi connectivity index (χ2n) is 3.00. The predicted molar refractivity (Wildman–Crippen MR) is 61.3 cm³/mol. The molecule has 0 bridgehead atoms. The molecule has 0 aromatic heterocycles. The lowest BCUT2D eigenvalue weighted by Crippen LogP contribution is -2.13. The molecular weight excluding hydrogens is 208 g/mol. The minimum Gasteiger partial charge on any atom is -0.497 e. The standard InChI is InChI=1S/C11H16N2O3/c1-12-13-7-8-15-16-9-10-3-5-11(14-2)6-4-10/h3-6,13H,1,7-9H2,2H3. The van der Waals surface area contributed by atoms with E-state index in [9.17, 15) is 0 Å². The van der Waals surface area contributed by atoms with Crippen LogP contribution < -0.4 is 10.2 Å². The van der Waals surface area contributed by atoms with Crippen LogP contribution in [-0.2, 0) is 16.4 Å². The third kappa shape index (κ3) is 4.77. The quantitative estimate of drug-likeness (QED) is 0.313. The van der Waals surface area contributed by atoms with Gasteiger partial charge in [-0.15, -0.1) is 0 Å². The van der Waals surface area contributed by atoms with Crippen LogP contribution in [0, 0.1) is 0 Å². The van der Waals surface area contributed by atoms with Crippen molar-refractivity contribution in [1.82, 2.24) is 5.43 Å². The van der Waals surface area contributed by atoms with Crippen LogP contribution in [0.4, 0.5) is 0 Å².